The monoisotopic (exact) mass is 304 g/mol. The predicted molar refractivity (Wildman–Crippen MR) is 76.0 cm³/mol. The third-order valence-corrected chi connectivity index (χ3v) is 5.39. The van der Waals surface area contributed by atoms with E-state index in [0.29, 0.717) is 26.2 Å². The minimum absolute atomic E-state index is 0.0896. The van der Waals surface area contributed by atoms with Crippen LogP contribution in [0, 0.1) is 17.2 Å². The molecule has 20 heavy (non-hydrogen) atoms. The van der Waals surface area contributed by atoms with Gasteiger partial charge in [0.15, 0.2) is 0 Å². The van der Waals surface area contributed by atoms with Crippen LogP contribution in [0.1, 0.15) is 13.3 Å². The molecular formula is C12H24N4O3S. The van der Waals surface area contributed by atoms with Crippen molar-refractivity contribution in [3.63, 3.8) is 0 Å². The summed E-state index contributed by atoms with van der Waals surface area (Å²) >= 11 is 0. The maximum absolute atomic E-state index is 12.4. The van der Waals surface area contributed by atoms with Crippen molar-refractivity contribution in [1.29, 1.82) is 5.26 Å². The van der Waals surface area contributed by atoms with Gasteiger partial charge in [-0.15, -0.1) is 0 Å². The Kier molecular flexibility index (Phi) is 6.85. The molecule has 1 N–H and O–H groups in total. The number of β-amino-alcohol motifs (C(OH)–C–C–N with tert-alkyl or cyclic N) is 1. The van der Waals surface area contributed by atoms with Crippen LogP contribution < -0.4 is 0 Å². The molecule has 0 unspecified atom stereocenters. The molecule has 0 aromatic rings. The van der Waals surface area contributed by atoms with Gasteiger partial charge in [0.2, 0.25) is 0 Å². The first-order chi connectivity index (χ1) is 9.41. The van der Waals surface area contributed by atoms with E-state index in [0.717, 1.165) is 13.0 Å². The third kappa shape index (κ3) is 4.68. The standard InChI is InChI=1S/C12H24N4O3S/c1-12(10-13)11-14(2)20(18,19)16-5-3-4-15(6-7-16)8-9-17/h12,17H,3-9,11H2,1-2H3/t12-/m1/s1. The summed E-state index contributed by atoms with van der Waals surface area (Å²) in [7, 11) is -1.99. The van der Waals surface area contributed by atoms with Crippen LogP contribution in [0.2, 0.25) is 0 Å². The lowest BCUT2D eigenvalue weighted by molar-refractivity contribution is 0.201. The van der Waals surface area contributed by atoms with Gasteiger partial charge < -0.3 is 5.11 Å². The molecule has 0 aromatic heterocycles. The van der Waals surface area contributed by atoms with Gasteiger partial charge in [-0.1, -0.05) is 0 Å². The fourth-order valence-corrected chi connectivity index (χ4v) is 3.74. The van der Waals surface area contributed by atoms with Crippen LogP contribution in [0.3, 0.4) is 0 Å². The zero-order chi connectivity index (χ0) is 15.2. The molecule has 116 valence electrons. The summed E-state index contributed by atoms with van der Waals surface area (Å²) in [4.78, 5) is 2.06. The normalized spacial score (nSPS) is 20.6. The average molecular weight is 304 g/mol. The third-order valence-electron chi connectivity index (χ3n) is 3.44. The van der Waals surface area contributed by atoms with E-state index in [2.05, 4.69) is 4.90 Å². The van der Waals surface area contributed by atoms with E-state index >= 15 is 0 Å². The lowest BCUT2D eigenvalue weighted by atomic mass is 10.2. The molecule has 1 aliphatic heterocycles. The Balaban J connectivity index is 2.66. The van der Waals surface area contributed by atoms with Crippen LogP contribution in [0.15, 0.2) is 0 Å². The summed E-state index contributed by atoms with van der Waals surface area (Å²) in [5, 5.41) is 17.7. The molecule has 0 aliphatic carbocycles. The van der Waals surface area contributed by atoms with E-state index in [9.17, 15) is 8.42 Å². The summed E-state index contributed by atoms with van der Waals surface area (Å²) < 4.78 is 27.6. The summed E-state index contributed by atoms with van der Waals surface area (Å²) in [6.45, 7) is 4.91. The summed E-state index contributed by atoms with van der Waals surface area (Å²) in [5.74, 6) is -0.326. The van der Waals surface area contributed by atoms with Gasteiger partial charge in [-0.05, 0) is 19.9 Å². The second-order valence-corrected chi connectivity index (χ2v) is 7.17. The van der Waals surface area contributed by atoms with E-state index < -0.39 is 10.2 Å². The highest BCUT2D eigenvalue weighted by Crippen LogP contribution is 2.12. The lowest BCUT2D eigenvalue weighted by Gasteiger charge is -2.27. The van der Waals surface area contributed by atoms with Crippen LogP contribution in [-0.2, 0) is 10.2 Å². The molecule has 1 fully saturated rings. The molecule has 0 spiro atoms. The molecule has 1 saturated heterocycles. The molecule has 7 nitrogen and oxygen atoms in total. The quantitative estimate of drug-likeness (QED) is 0.702. The van der Waals surface area contributed by atoms with Crippen molar-refractivity contribution in [3.05, 3.63) is 0 Å². The van der Waals surface area contributed by atoms with Crippen molar-refractivity contribution in [2.24, 2.45) is 5.92 Å². The Morgan fingerprint density at radius 1 is 1.35 bits per heavy atom. The van der Waals surface area contributed by atoms with Crippen molar-refractivity contribution < 1.29 is 13.5 Å². The Labute approximate surface area is 121 Å². The Hall–Kier alpha value is -0.720. The first-order valence-corrected chi connectivity index (χ1v) is 8.25. The molecular weight excluding hydrogens is 280 g/mol. The minimum Gasteiger partial charge on any atom is -0.395 e. The maximum Gasteiger partial charge on any atom is 0.281 e. The fourth-order valence-electron chi connectivity index (χ4n) is 2.26. The van der Waals surface area contributed by atoms with E-state index in [1.54, 1.807) is 6.92 Å². The van der Waals surface area contributed by atoms with Crippen LogP contribution in [0.25, 0.3) is 0 Å². The zero-order valence-corrected chi connectivity index (χ0v) is 13.0. The van der Waals surface area contributed by atoms with Crippen molar-refractivity contribution in [2.75, 3.05) is 52.9 Å². The highest BCUT2D eigenvalue weighted by atomic mass is 32.2. The highest BCUT2D eigenvalue weighted by molar-refractivity contribution is 7.86. The molecule has 0 radical (unpaired) electrons. The number of rotatable bonds is 6. The van der Waals surface area contributed by atoms with Gasteiger partial charge >= 0.3 is 0 Å². The SMILES string of the molecule is C[C@H](C#N)CN(C)S(=O)(=O)N1CCCN(CCO)CC1. The van der Waals surface area contributed by atoms with Crippen LogP contribution in [0.4, 0.5) is 0 Å². The van der Waals surface area contributed by atoms with E-state index in [1.807, 2.05) is 6.07 Å². The van der Waals surface area contributed by atoms with Crippen LogP contribution in [-0.4, -0.2) is 80.0 Å². The maximum atomic E-state index is 12.4. The summed E-state index contributed by atoms with van der Waals surface area (Å²) in [6, 6.07) is 2.05. The molecule has 1 aliphatic rings. The predicted octanol–water partition coefficient (Wildman–Crippen LogP) is -0.677. The first-order valence-electron chi connectivity index (χ1n) is 6.86. The van der Waals surface area contributed by atoms with Gasteiger partial charge in [-0.3, -0.25) is 4.90 Å². The van der Waals surface area contributed by atoms with E-state index in [4.69, 9.17) is 10.4 Å². The lowest BCUT2D eigenvalue weighted by Crippen LogP contribution is -2.45. The number of aliphatic hydroxyl groups excluding tert-OH is 1. The van der Waals surface area contributed by atoms with Crippen LogP contribution in [0.5, 0.6) is 0 Å². The molecule has 0 aromatic carbocycles. The number of hydrogen-bond acceptors (Lipinski definition) is 5. The first kappa shape index (κ1) is 17.3. The van der Waals surface area contributed by atoms with Crippen LogP contribution >= 0.6 is 0 Å². The topological polar surface area (TPSA) is 87.9 Å². The second kappa shape index (κ2) is 7.90. The minimum atomic E-state index is -3.50. The van der Waals surface area contributed by atoms with Crippen molar-refractivity contribution in [3.8, 4) is 6.07 Å². The summed E-state index contributed by atoms with van der Waals surface area (Å²) in [5.41, 5.74) is 0. The number of nitrogens with zero attached hydrogens (tertiary/aromatic N) is 4. The molecule has 1 atom stereocenters. The molecule has 1 heterocycles. The van der Waals surface area contributed by atoms with Gasteiger partial charge in [0.25, 0.3) is 10.2 Å². The van der Waals surface area contributed by atoms with Gasteiger partial charge in [0.1, 0.15) is 0 Å². The number of nitriles is 1. The molecule has 1 rings (SSSR count). The van der Waals surface area contributed by atoms with E-state index in [-0.39, 0.29) is 19.1 Å². The number of aliphatic hydroxyl groups is 1. The van der Waals surface area contributed by atoms with E-state index in [1.165, 1.54) is 15.7 Å². The Bertz CT molecular complexity index is 434. The molecule has 8 heteroatoms. The van der Waals surface area contributed by atoms with Gasteiger partial charge in [-0.25, -0.2) is 0 Å². The largest absolute Gasteiger partial charge is 0.395 e. The molecule has 0 bridgehead atoms. The Morgan fingerprint density at radius 3 is 2.65 bits per heavy atom. The smallest absolute Gasteiger partial charge is 0.281 e. The fraction of sp³-hybridized carbons (Fsp3) is 0.917. The zero-order valence-electron chi connectivity index (χ0n) is 12.2. The Morgan fingerprint density at radius 2 is 2.05 bits per heavy atom. The van der Waals surface area contributed by atoms with Crippen molar-refractivity contribution >= 4 is 10.2 Å². The summed E-state index contributed by atoms with van der Waals surface area (Å²) in [6.07, 6.45) is 0.751. The molecule has 0 amide bonds. The van der Waals surface area contributed by atoms with Gasteiger partial charge in [0, 0.05) is 39.8 Å². The van der Waals surface area contributed by atoms with Gasteiger partial charge in [0.05, 0.1) is 18.6 Å². The molecule has 0 saturated carbocycles. The van der Waals surface area contributed by atoms with Crippen molar-refractivity contribution in [1.82, 2.24) is 13.5 Å². The second-order valence-electron chi connectivity index (χ2n) is 5.14. The average Bonchev–Trinajstić information content (AvgIpc) is 2.65. The van der Waals surface area contributed by atoms with Crippen molar-refractivity contribution in [2.45, 2.75) is 13.3 Å². The highest BCUT2D eigenvalue weighted by Gasteiger charge is 2.29. The van der Waals surface area contributed by atoms with Gasteiger partial charge in [-0.2, -0.15) is 22.3 Å². The number of hydrogen-bond donors (Lipinski definition) is 1.